The number of rotatable bonds is 3. The van der Waals surface area contributed by atoms with Crippen LogP contribution in [0.5, 0.6) is 5.75 Å². The van der Waals surface area contributed by atoms with Crippen molar-refractivity contribution in [2.75, 3.05) is 7.11 Å². The fourth-order valence-corrected chi connectivity index (χ4v) is 3.83. The second kappa shape index (κ2) is 7.49. The SMILES string of the molecule is COc1cc(Br)cc(C=Cc2ccc3c(Cl)ccc(Br)c3c2)c1Cl. The predicted octanol–water partition coefficient (Wildman–Crippen LogP) is 7.85. The molecule has 0 saturated heterocycles. The van der Waals surface area contributed by atoms with Gasteiger partial charge in [-0.3, -0.25) is 0 Å². The van der Waals surface area contributed by atoms with Crippen molar-refractivity contribution in [3.63, 3.8) is 0 Å². The molecule has 0 aliphatic carbocycles. The van der Waals surface area contributed by atoms with Crippen LogP contribution in [0.1, 0.15) is 11.1 Å². The van der Waals surface area contributed by atoms with Crippen LogP contribution in [0.2, 0.25) is 10.0 Å². The Morgan fingerprint density at radius 2 is 1.71 bits per heavy atom. The average molecular weight is 487 g/mol. The van der Waals surface area contributed by atoms with Crippen LogP contribution in [0.4, 0.5) is 0 Å². The smallest absolute Gasteiger partial charge is 0.139 e. The summed E-state index contributed by atoms with van der Waals surface area (Å²) < 4.78 is 7.21. The summed E-state index contributed by atoms with van der Waals surface area (Å²) in [6.45, 7) is 0. The lowest BCUT2D eigenvalue weighted by Gasteiger charge is -2.07. The Labute approximate surface area is 167 Å². The summed E-state index contributed by atoms with van der Waals surface area (Å²) in [6.07, 6.45) is 3.98. The third-order valence-corrected chi connectivity index (χ3v) is 5.53. The van der Waals surface area contributed by atoms with E-state index in [-0.39, 0.29) is 0 Å². The van der Waals surface area contributed by atoms with Gasteiger partial charge in [-0.2, -0.15) is 0 Å². The summed E-state index contributed by atoms with van der Waals surface area (Å²) in [6, 6.07) is 13.8. The van der Waals surface area contributed by atoms with E-state index in [1.807, 2.05) is 48.6 Å². The van der Waals surface area contributed by atoms with Crippen LogP contribution in [0.15, 0.2) is 51.4 Å². The molecule has 0 N–H and O–H groups in total. The molecule has 0 atom stereocenters. The lowest BCUT2D eigenvalue weighted by Crippen LogP contribution is -1.87. The Balaban J connectivity index is 2.03. The maximum atomic E-state index is 6.37. The highest BCUT2D eigenvalue weighted by atomic mass is 79.9. The van der Waals surface area contributed by atoms with E-state index in [0.717, 1.165) is 35.9 Å². The van der Waals surface area contributed by atoms with Gasteiger partial charge in [0, 0.05) is 19.4 Å². The Morgan fingerprint density at radius 1 is 0.917 bits per heavy atom. The minimum Gasteiger partial charge on any atom is -0.495 e. The molecule has 0 aromatic heterocycles. The van der Waals surface area contributed by atoms with Crippen molar-refractivity contribution in [3.05, 3.63) is 72.6 Å². The molecule has 3 rings (SSSR count). The van der Waals surface area contributed by atoms with Crippen molar-refractivity contribution < 1.29 is 4.74 Å². The van der Waals surface area contributed by atoms with Gasteiger partial charge in [0.1, 0.15) is 5.75 Å². The van der Waals surface area contributed by atoms with Crippen molar-refractivity contribution >= 4 is 78.0 Å². The van der Waals surface area contributed by atoms with E-state index < -0.39 is 0 Å². The van der Waals surface area contributed by atoms with Crippen molar-refractivity contribution in [1.29, 1.82) is 0 Å². The van der Waals surface area contributed by atoms with E-state index in [1.54, 1.807) is 7.11 Å². The normalized spacial score (nSPS) is 11.4. The van der Waals surface area contributed by atoms with Gasteiger partial charge in [0.05, 0.1) is 12.1 Å². The Kier molecular flexibility index (Phi) is 5.56. The van der Waals surface area contributed by atoms with Crippen LogP contribution in [0.25, 0.3) is 22.9 Å². The largest absolute Gasteiger partial charge is 0.495 e. The van der Waals surface area contributed by atoms with Gasteiger partial charge < -0.3 is 4.74 Å². The first-order valence-electron chi connectivity index (χ1n) is 7.08. The Morgan fingerprint density at radius 3 is 2.46 bits per heavy atom. The predicted molar refractivity (Wildman–Crippen MR) is 111 cm³/mol. The van der Waals surface area contributed by atoms with Gasteiger partial charge in [0.2, 0.25) is 0 Å². The van der Waals surface area contributed by atoms with Crippen LogP contribution in [-0.2, 0) is 0 Å². The zero-order chi connectivity index (χ0) is 17.3. The fourth-order valence-electron chi connectivity index (χ4n) is 2.44. The zero-order valence-electron chi connectivity index (χ0n) is 12.6. The Hall–Kier alpha value is -1.000. The maximum Gasteiger partial charge on any atom is 0.139 e. The van der Waals surface area contributed by atoms with Crippen LogP contribution >= 0.6 is 55.1 Å². The molecule has 0 aliphatic rings. The van der Waals surface area contributed by atoms with Gasteiger partial charge in [-0.1, -0.05) is 79.3 Å². The number of halogens is 4. The van der Waals surface area contributed by atoms with Crippen LogP contribution in [0, 0.1) is 0 Å². The monoisotopic (exact) mass is 484 g/mol. The molecule has 24 heavy (non-hydrogen) atoms. The molecule has 0 bridgehead atoms. The fraction of sp³-hybridized carbons (Fsp3) is 0.0526. The molecule has 3 aromatic rings. The van der Waals surface area contributed by atoms with Gasteiger partial charge in [-0.05, 0) is 46.8 Å². The molecule has 0 unspecified atom stereocenters. The number of hydrogen-bond acceptors (Lipinski definition) is 1. The molecular weight excluding hydrogens is 475 g/mol. The van der Waals surface area contributed by atoms with Gasteiger partial charge in [-0.15, -0.1) is 0 Å². The third kappa shape index (κ3) is 3.65. The molecule has 0 fully saturated rings. The molecule has 122 valence electrons. The number of hydrogen-bond donors (Lipinski definition) is 0. The molecule has 0 radical (unpaired) electrons. The first-order valence-corrected chi connectivity index (χ1v) is 9.42. The average Bonchev–Trinajstić information content (AvgIpc) is 2.58. The lowest BCUT2D eigenvalue weighted by atomic mass is 10.1. The van der Waals surface area contributed by atoms with E-state index in [4.69, 9.17) is 27.9 Å². The quantitative estimate of drug-likeness (QED) is 0.342. The summed E-state index contributed by atoms with van der Waals surface area (Å²) in [5.74, 6) is 0.638. The van der Waals surface area contributed by atoms with Crippen molar-refractivity contribution in [2.45, 2.75) is 0 Å². The number of benzene rings is 3. The van der Waals surface area contributed by atoms with Crippen LogP contribution in [-0.4, -0.2) is 7.11 Å². The molecular formula is C19H12Br2Cl2O. The summed E-state index contributed by atoms with van der Waals surface area (Å²) >= 11 is 19.7. The maximum absolute atomic E-state index is 6.37. The van der Waals surface area contributed by atoms with Crippen LogP contribution < -0.4 is 4.74 Å². The second-order valence-electron chi connectivity index (χ2n) is 5.18. The van der Waals surface area contributed by atoms with Gasteiger partial charge in [0.25, 0.3) is 0 Å². The molecule has 0 spiro atoms. The summed E-state index contributed by atoms with van der Waals surface area (Å²) in [4.78, 5) is 0. The summed E-state index contributed by atoms with van der Waals surface area (Å²) in [7, 11) is 1.60. The molecule has 3 aromatic carbocycles. The topological polar surface area (TPSA) is 9.23 Å². The standard InChI is InChI=1S/C19H12Br2Cl2O/c1-24-18-10-13(20)9-12(19(18)23)4-2-11-3-5-14-15(8-11)16(21)6-7-17(14)22/h2-10H,1H3. The molecule has 0 saturated carbocycles. The molecule has 5 heteroatoms. The van der Waals surface area contributed by atoms with E-state index in [9.17, 15) is 0 Å². The highest BCUT2D eigenvalue weighted by molar-refractivity contribution is 9.11. The second-order valence-corrected chi connectivity index (χ2v) is 7.73. The number of methoxy groups -OCH3 is 1. The summed E-state index contributed by atoms with van der Waals surface area (Å²) in [5, 5.41) is 3.42. The van der Waals surface area contributed by atoms with E-state index >= 15 is 0 Å². The highest BCUT2D eigenvalue weighted by Gasteiger charge is 2.07. The minimum atomic E-state index is 0.585. The molecule has 0 heterocycles. The van der Waals surface area contributed by atoms with Crippen molar-refractivity contribution in [3.8, 4) is 5.75 Å². The van der Waals surface area contributed by atoms with Crippen molar-refractivity contribution in [1.82, 2.24) is 0 Å². The molecule has 0 amide bonds. The number of fused-ring (bicyclic) bond motifs is 1. The van der Waals surface area contributed by atoms with E-state index in [2.05, 4.69) is 37.9 Å². The van der Waals surface area contributed by atoms with Gasteiger partial charge in [-0.25, -0.2) is 0 Å². The molecule has 1 nitrogen and oxygen atoms in total. The number of ether oxygens (including phenoxy) is 1. The first-order chi connectivity index (χ1) is 11.5. The minimum absolute atomic E-state index is 0.585. The van der Waals surface area contributed by atoms with Gasteiger partial charge in [0.15, 0.2) is 0 Å². The lowest BCUT2D eigenvalue weighted by molar-refractivity contribution is 0.414. The molecule has 0 aliphatic heterocycles. The van der Waals surface area contributed by atoms with E-state index in [0.29, 0.717) is 10.8 Å². The highest BCUT2D eigenvalue weighted by Crippen LogP contribution is 2.34. The van der Waals surface area contributed by atoms with Gasteiger partial charge >= 0.3 is 0 Å². The Bertz CT molecular complexity index is 952. The van der Waals surface area contributed by atoms with E-state index in [1.165, 1.54) is 0 Å². The first kappa shape index (κ1) is 17.8. The van der Waals surface area contributed by atoms with Crippen LogP contribution in [0.3, 0.4) is 0 Å². The zero-order valence-corrected chi connectivity index (χ0v) is 17.3. The summed E-state index contributed by atoms with van der Waals surface area (Å²) in [5.41, 5.74) is 1.94. The van der Waals surface area contributed by atoms with Crippen molar-refractivity contribution in [2.24, 2.45) is 0 Å². The third-order valence-electron chi connectivity index (χ3n) is 3.64.